The molecule has 0 bridgehead atoms. The largest absolute Gasteiger partial charge is 0.497 e. The summed E-state index contributed by atoms with van der Waals surface area (Å²) in [5, 5.41) is 0. The molecular formula is C24H32O2. The number of rotatable bonds is 1. The number of ketones is 1. The molecule has 0 radical (unpaired) electrons. The molecule has 4 atom stereocenters. The Kier molecular flexibility index (Phi) is 3.78. The average molecular weight is 353 g/mol. The standard InChI is InChI=1S/C24H32O2/c1-23-13-10-19-18-9-7-17(26-2)14-16(18)6-8-20(19)21(23)15-24(22(23)25)11-4-3-5-12-24/h7,9,14,19-21H,3-6,8,10-13,15H2,1-2H3/t19-,20-,21+,23+/m1/s1. The van der Waals surface area contributed by atoms with E-state index < -0.39 is 0 Å². The number of carbonyl (C=O) groups is 1. The Labute approximate surface area is 157 Å². The number of ether oxygens (including phenoxy) is 1. The highest BCUT2D eigenvalue weighted by molar-refractivity contribution is 5.93. The van der Waals surface area contributed by atoms with Crippen molar-refractivity contribution in [3.63, 3.8) is 0 Å². The van der Waals surface area contributed by atoms with E-state index in [1.165, 1.54) is 56.9 Å². The number of benzene rings is 1. The molecule has 2 nitrogen and oxygen atoms in total. The fourth-order valence-corrected chi connectivity index (χ4v) is 7.44. The first kappa shape index (κ1) is 16.8. The Hall–Kier alpha value is -1.31. The fourth-order valence-electron chi connectivity index (χ4n) is 7.44. The summed E-state index contributed by atoms with van der Waals surface area (Å²) in [6.07, 6.45) is 12.1. The van der Waals surface area contributed by atoms with Crippen LogP contribution in [0.1, 0.15) is 81.8 Å². The van der Waals surface area contributed by atoms with E-state index >= 15 is 0 Å². The minimum atomic E-state index is -0.0392. The summed E-state index contributed by atoms with van der Waals surface area (Å²) in [6.45, 7) is 2.34. The lowest BCUT2D eigenvalue weighted by Gasteiger charge is -2.48. The van der Waals surface area contributed by atoms with Gasteiger partial charge >= 0.3 is 0 Å². The molecule has 3 saturated carbocycles. The van der Waals surface area contributed by atoms with Gasteiger partial charge in [0.2, 0.25) is 0 Å². The molecule has 2 heteroatoms. The van der Waals surface area contributed by atoms with Crippen LogP contribution in [0, 0.1) is 22.7 Å². The van der Waals surface area contributed by atoms with Crippen molar-refractivity contribution in [3.05, 3.63) is 29.3 Å². The monoisotopic (exact) mass is 352 g/mol. The maximum absolute atomic E-state index is 13.6. The van der Waals surface area contributed by atoms with E-state index in [1.54, 1.807) is 12.7 Å². The first-order chi connectivity index (χ1) is 12.6. The zero-order valence-electron chi connectivity index (χ0n) is 16.4. The molecule has 1 aromatic rings. The normalized spacial score (nSPS) is 37.8. The third kappa shape index (κ3) is 2.20. The molecule has 0 amide bonds. The minimum Gasteiger partial charge on any atom is -0.497 e. The molecule has 3 fully saturated rings. The van der Waals surface area contributed by atoms with Crippen LogP contribution in [-0.2, 0) is 11.2 Å². The van der Waals surface area contributed by atoms with Gasteiger partial charge in [-0.2, -0.15) is 0 Å². The summed E-state index contributed by atoms with van der Waals surface area (Å²) in [5.74, 6) is 3.63. The second kappa shape index (κ2) is 5.84. The average Bonchev–Trinajstić information content (AvgIpc) is 2.89. The van der Waals surface area contributed by atoms with Gasteiger partial charge < -0.3 is 4.74 Å². The van der Waals surface area contributed by atoms with Gasteiger partial charge in [-0.3, -0.25) is 4.79 Å². The second-order valence-electron chi connectivity index (χ2n) is 9.81. The summed E-state index contributed by atoms with van der Waals surface area (Å²) in [6, 6.07) is 6.71. The number of hydrogen-bond donors (Lipinski definition) is 0. The first-order valence-electron chi connectivity index (χ1n) is 10.8. The summed E-state index contributed by atoms with van der Waals surface area (Å²) >= 11 is 0. The Morgan fingerprint density at radius 3 is 2.65 bits per heavy atom. The van der Waals surface area contributed by atoms with Crippen molar-refractivity contribution in [2.75, 3.05) is 7.11 Å². The van der Waals surface area contributed by atoms with Crippen LogP contribution < -0.4 is 4.74 Å². The van der Waals surface area contributed by atoms with Crippen molar-refractivity contribution in [2.45, 2.75) is 77.0 Å². The molecule has 0 saturated heterocycles. The van der Waals surface area contributed by atoms with Crippen molar-refractivity contribution < 1.29 is 9.53 Å². The molecule has 1 aromatic carbocycles. The van der Waals surface area contributed by atoms with Gasteiger partial charge in [0.1, 0.15) is 11.5 Å². The van der Waals surface area contributed by atoms with Crippen molar-refractivity contribution in [1.82, 2.24) is 0 Å². The Morgan fingerprint density at radius 2 is 1.88 bits per heavy atom. The van der Waals surface area contributed by atoms with Crippen LogP contribution in [0.5, 0.6) is 5.75 Å². The minimum absolute atomic E-state index is 0.0392. The lowest BCUT2D eigenvalue weighted by Crippen LogP contribution is -2.43. The summed E-state index contributed by atoms with van der Waals surface area (Å²) < 4.78 is 5.45. The lowest BCUT2D eigenvalue weighted by atomic mass is 9.55. The molecule has 26 heavy (non-hydrogen) atoms. The number of fused-ring (bicyclic) bond motifs is 5. The van der Waals surface area contributed by atoms with Gasteiger partial charge in [-0.05, 0) is 86.0 Å². The molecule has 0 heterocycles. The second-order valence-corrected chi connectivity index (χ2v) is 9.81. The van der Waals surface area contributed by atoms with Gasteiger partial charge in [-0.1, -0.05) is 32.3 Å². The molecule has 0 N–H and O–H groups in total. The molecule has 0 unspecified atom stereocenters. The summed E-state index contributed by atoms with van der Waals surface area (Å²) in [5.41, 5.74) is 3.06. The van der Waals surface area contributed by atoms with Crippen molar-refractivity contribution in [3.8, 4) is 5.75 Å². The summed E-state index contributed by atoms with van der Waals surface area (Å²) in [7, 11) is 1.76. The molecule has 1 spiro atoms. The van der Waals surface area contributed by atoms with E-state index in [-0.39, 0.29) is 10.8 Å². The Morgan fingerprint density at radius 1 is 1.08 bits per heavy atom. The van der Waals surface area contributed by atoms with Gasteiger partial charge in [-0.25, -0.2) is 0 Å². The Balaban J connectivity index is 1.49. The van der Waals surface area contributed by atoms with E-state index in [0.29, 0.717) is 23.5 Å². The summed E-state index contributed by atoms with van der Waals surface area (Å²) in [4.78, 5) is 13.6. The topological polar surface area (TPSA) is 26.3 Å². The maximum Gasteiger partial charge on any atom is 0.145 e. The molecular weight excluding hydrogens is 320 g/mol. The van der Waals surface area contributed by atoms with Crippen molar-refractivity contribution in [1.29, 1.82) is 0 Å². The molecule has 5 rings (SSSR count). The van der Waals surface area contributed by atoms with Crippen LogP contribution in [0.2, 0.25) is 0 Å². The highest BCUT2D eigenvalue weighted by atomic mass is 16.5. The van der Waals surface area contributed by atoms with E-state index in [1.807, 2.05) is 0 Å². The number of carbonyl (C=O) groups excluding carboxylic acids is 1. The van der Waals surface area contributed by atoms with Crippen LogP contribution in [0.3, 0.4) is 0 Å². The van der Waals surface area contributed by atoms with Gasteiger partial charge in [0.15, 0.2) is 0 Å². The van der Waals surface area contributed by atoms with Crippen LogP contribution in [0.25, 0.3) is 0 Å². The number of Topliss-reactive ketones (excluding diaryl/α,β-unsaturated/α-hetero) is 1. The van der Waals surface area contributed by atoms with E-state index in [2.05, 4.69) is 25.1 Å². The van der Waals surface area contributed by atoms with Gasteiger partial charge in [0.25, 0.3) is 0 Å². The molecule has 4 aliphatic rings. The third-order valence-electron chi connectivity index (χ3n) is 8.75. The molecule has 4 aliphatic carbocycles. The van der Waals surface area contributed by atoms with Crippen molar-refractivity contribution in [2.24, 2.45) is 22.7 Å². The van der Waals surface area contributed by atoms with Gasteiger partial charge in [-0.15, -0.1) is 0 Å². The van der Waals surface area contributed by atoms with Gasteiger partial charge in [0, 0.05) is 10.8 Å². The predicted molar refractivity (Wildman–Crippen MR) is 104 cm³/mol. The van der Waals surface area contributed by atoms with E-state index in [4.69, 9.17) is 4.74 Å². The lowest BCUT2D eigenvalue weighted by molar-refractivity contribution is -0.137. The number of aryl methyl sites for hydroxylation is 1. The first-order valence-corrected chi connectivity index (χ1v) is 10.8. The maximum atomic E-state index is 13.6. The molecule has 0 aromatic heterocycles. The highest BCUT2D eigenvalue weighted by Gasteiger charge is 2.63. The molecule has 0 aliphatic heterocycles. The smallest absolute Gasteiger partial charge is 0.145 e. The molecule has 140 valence electrons. The SMILES string of the molecule is COc1ccc2c(c1)CC[C@@H]1[C@@H]2CC[C@]2(C)C(=O)C3(CCCCC3)C[C@@H]12. The zero-order chi connectivity index (χ0) is 17.9. The van der Waals surface area contributed by atoms with Crippen LogP contribution in [-0.4, -0.2) is 12.9 Å². The fraction of sp³-hybridized carbons (Fsp3) is 0.708. The number of methoxy groups -OCH3 is 1. The highest BCUT2D eigenvalue weighted by Crippen LogP contribution is 2.66. The third-order valence-corrected chi connectivity index (χ3v) is 8.75. The Bertz CT molecular complexity index is 730. The van der Waals surface area contributed by atoms with Crippen LogP contribution >= 0.6 is 0 Å². The van der Waals surface area contributed by atoms with E-state index in [9.17, 15) is 4.79 Å². The van der Waals surface area contributed by atoms with Crippen LogP contribution in [0.4, 0.5) is 0 Å². The van der Waals surface area contributed by atoms with Gasteiger partial charge in [0.05, 0.1) is 7.11 Å². The van der Waals surface area contributed by atoms with Crippen molar-refractivity contribution >= 4 is 5.78 Å². The quantitative estimate of drug-likeness (QED) is 0.650. The van der Waals surface area contributed by atoms with Crippen LogP contribution in [0.15, 0.2) is 18.2 Å². The zero-order valence-corrected chi connectivity index (χ0v) is 16.4. The number of hydrogen-bond acceptors (Lipinski definition) is 2. The van der Waals surface area contributed by atoms with E-state index in [0.717, 1.165) is 18.6 Å². The predicted octanol–water partition coefficient (Wildman–Crippen LogP) is 5.68.